The predicted octanol–water partition coefficient (Wildman–Crippen LogP) is 8.55. The molecule has 4 nitrogen and oxygen atoms in total. The molecule has 1 rings (SSSR count). The highest BCUT2D eigenvalue weighted by molar-refractivity contribution is 5.82. The Kier molecular flexibility index (Phi) is 17.4. The van der Waals surface area contributed by atoms with E-state index in [2.05, 4.69) is 11.9 Å². The van der Waals surface area contributed by atoms with Gasteiger partial charge in [0.15, 0.2) is 11.5 Å². The van der Waals surface area contributed by atoms with Gasteiger partial charge >= 0.3 is 5.97 Å². The number of carbonyl (C=O) groups excluding carboxylic acids is 1. The Morgan fingerprint density at radius 3 is 1.88 bits per heavy atom. The summed E-state index contributed by atoms with van der Waals surface area (Å²) in [5.41, 5.74) is 0.966. The zero-order valence-corrected chi connectivity index (χ0v) is 21.9. The SMILES string of the molecule is CCCCCCCCCCCCCCCCN=Cc1ccc(OC(=O)C(C)C)c(OCC)c1. The van der Waals surface area contributed by atoms with E-state index in [1.807, 2.05) is 39.1 Å². The molecule has 0 radical (unpaired) electrons. The summed E-state index contributed by atoms with van der Waals surface area (Å²) in [5, 5.41) is 0. The normalized spacial score (nSPS) is 11.4. The van der Waals surface area contributed by atoms with Crippen LogP contribution in [0.3, 0.4) is 0 Å². The topological polar surface area (TPSA) is 47.9 Å². The Labute approximate surface area is 203 Å². The van der Waals surface area contributed by atoms with Gasteiger partial charge in [0.05, 0.1) is 12.5 Å². The molecule has 0 spiro atoms. The van der Waals surface area contributed by atoms with Crippen LogP contribution in [0.2, 0.25) is 0 Å². The number of nitrogens with zero attached hydrogens (tertiary/aromatic N) is 1. The first kappa shape index (κ1) is 29.2. The average Bonchev–Trinajstić information content (AvgIpc) is 2.80. The maximum atomic E-state index is 11.9. The van der Waals surface area contributed by atoms with Crippen molar-refractivity contribution in [3.63, 3.8) is 0 Å². The van der Waals surface area contributed by atoms with Crippen molar-refractivity contribution in [2.45, 2.75) is 118 Å². The summed E-state index contributed by atoms with van der Waals surface area (Å²) in [7, 11) is 0. The van der Waals surface area contributed by atoms with Gasteiger partial charge in [0.2, 0.25) is 0 Å². The van der Waals surface area contributed by atoms with Crippen molar-refractivity contribution in [2.75, 3.05) is 13.2 Å². The second-order valence-electron chi connectivity index (χ2n) is 9.35. The third-order valence-electron chi connectivity index (χ3n) is 5.83. The lowest BCUT2D eigenvalue weighted by Crippen LogP contribution is -2.15. The van der Waals surface area contributed by atoms with Gasteiger partial charge in [-0.2, -0.15) is 0 Å². The maximum Gasteiger partial charge on any atom is 0.313 e. The molecule has 0 aliphatic heterocycles. The molecular formula is C29H49NO3. The monoisotopic (exact) mass is 459 g/mol. The number of aliphatic imine (C=N–C) groups is 1. The van der Waals surface area contributed by atoms with Crippen LogP contribution in [-0.4, -0.2) is 25.3 Å². The molecular weight excluding hydrogens is 410 g/mol. The lowest BCUT2D eigenvalue weighted by molar-refractivity contribution is -0.137. The maximum absolute atomic E-state index is 11.9. The first-order valence-corrected chi connectivity index (χ1v) is 13.6. The molecule has 0 fully saturated rings. The quantitative estimate of drug-likeness (QED) is 0.0849. The van der Waals surface area contributed by atoms with Crippen LogP contribution < -0.4 is 9.47 Å². The summed E-state index contributed by atoms with van der Waals surface area (Å²) in [6, 6.07) is 5.60. The number of hydrogen-bond acceptors (Lipinski definition) is 4. The fourth-order valence-corrected chi connectivity index (χ4v) is 3.75. The van der Waals surface area contributed by atoms with E-state index in [9.17, 15) is 4.79 Å². The van der Waals surface area contributed by atoms with Crippen LogP contribution in [0.15, 0.2) is 23.2 Å². The first-order valence-electron chi connectivity index (χ1n) is 13.6. The molecule has 1 aromatic rings. The van der Waals surface area contributed by atoms with Crippen LogP contribution >= 0.6 is 0 Å². The van der Waals surface area contributed by atoms with Crippen molar-refractivity contribution >= 4 is 12.2 Å². The number of unbranched alkanes of at least 4 members (excludes halogenated alkanes) is 13. The van der Waals surface area contributed by atoms with Crippen molar-refractivity contribution in [3.05, 3.63) is 23.8 Å². The molecule has 0 aromatic heterocycles. The second-order valence-corrected chi connectivity index (χ2v) is 9.35. The van der Waals surface area contributed by atoms with Gasteiger partial charge in [-0.25, -0.2) is 0 Å². The highest BCUT2D eigenvalue weighted by Crippen LogP contribution is 2.28. The summed E-state index contributed by atoms with van der Waals surface area (Å²) in [6.07, 6.45) is 21.0. The Morgan fingerprint density at radius 2 is 1.36 bits per heavy atom. The number of carbonyl (C=O) groups is 1. The summed E-state index contributed by atoms with van der Waals surface area (Å²) in [4.78, 5) is 16.5. The van der Waals surface area contributed by atoms with E-state index in [0.717, 1.165) is 18.5 Å². The van der Waals surface area contributed by atoms with Gasteiger partial charge in [-0.15, -0.1) is 0 Å². The zero-order chi connectivity index (χ0) is 24.2. The fraction of sp³-hybridized carbons (Fsp3) is 0.724. The predicted molar refractivity (Wildman–Crippen MR) is 141 cm³/mol. The van der Waals surface area contributed by atoms with E-state index in [-0.39, 0.29) is 11.9 Å². The summed E-state index contributed by atoms with van der Waals surface area (Å²) in [5.74, 6) is 0.632. The lowest BCUT2D eigenvalue weighted by Gasteiger charge is -2.12. The van der Waals surface area contributed by atoms with Gasteiger partial charge in [0.25, 0.3) is 0 Å². The van der Waals surface area contributed by atoms with Gasteiger partial charge in [-0.3, -0.25) is 9.79 Å². The van der Waals surface area contributed by atoms with E-state index < -0.39 is 0 Å². The lowest BCUT2D eigenvalue weighted by atomic mass is 10.0. The summed E-state index contributed by atoms with van der Waals surface area (Å²) in [6.45, 7) is 9.21. The van der Waals surface area contributed by atoms with Crippen molar-refractivity contribution in [1.29, 1.82) is 0 Å². The number of benzene rings is 1. The Hall–Kier alpha value is -1.84. The molecule has 0 saturated heterocycles. The largest absolute Gasteiger partial charge is 0.490 e. The van der Waals surface area contributed by atoms with E-state index >= 15 is 0 Å². The van der Waals surface area contributed by atoms with E-state index in [1.165, 1.54) is 83.5 Å². The van der Waals surface area contributed by atoms with Crippen LogP contribution in [0.1, 0.15) is 123 Å². The molecule has 0 amide bonds. The number of esters is 1. The van der Waals surface area contributed by atoms with Crippen LogP contribution in [0.5, 0.6) is 11.5 Å². The number of ether oxygens (including phenoxy) is 2. The van der Waals surface area contributed by atoms with Gasteiger partial charge in [0, 0.05) is 12.8 Å². The summed E-state index contributed by atoms with van der Waals surface area (Å²) >= 11 is 0. The fourth-order valence-electron chi connectivity index (χ4n) is 3.75. The van der Waals surface area contributed by atoms with Crippen molar-refractivity contribution in [2.24, 2.45) is 10.9 Å². The van der Waals surface area contributed by atoms with E-state index in [0.29, 0.717) is 18.1 Å². The van der Waals surface area contributed by atoms with Crippen molar-refractivity contribution in [3.8, 4) is 11.5 Å². The molecule has 0 aliphatic carbocycles. The second kappa shape index (κ2) is 19.6. The Balaban J connectivity index is 2.13. The van der Waals surface area contributed by atoms with Crippen LogP contribution in [-0.2, 0) is 4.79 Å². The van der Waals surface area contributed by atoms with Crippen molar-refractivity contribution in [1.82, 2.24) is 0 Å². The average molecular weight is 460 g/mol. The van der Waals surface area contributed by atoms with Crippen LogP contribution in [0.4, 0.5) is 0 Å². The highest BCUT2D eigenvalue weighted by atomic mass is 16.6. The molecule has 0 heterocycles. The number of rotatable bonds is 20. The minimum Gasteiger partial charge on any atom is -0.490 e. The Bertz CT molecular complexity index is 654. The van der Waals surface area contributed by atoms with Crippen LogP contribution in [0, 0.1) is 5.92 Å². The third kappa shape index (κ3) is 14.8. The van der Waals surface area contributed by atoms with E-state index in [1.54, 1.807) is 6.07 Å². The third-order valence-corrected chi connectivity index (χ3v) is 5.83. The highest BCUT2D eigenvalue weighted by Gasteiger charge is 2.14. The molecule has 1 aromatic carbocycles. The molecule has 0 unspecified atom stereocenters. The zero-order valence-electron chi connectivity index (χ0n) is 21.9. The minimum absolute atomic E-state index is 0.175. The minimum atomic E-state index is -0.254. The van der Waals surface area contributed by atoms with E-state index in [4.69, 9.17) is 9.47 Å². The standard InChI is InChI=1S/C29H49NO3/c1-5-7-8-9-10-11-12-13-14-15-16-17-18-19-22-30-24-26-20-21-27(28(23-26)32-6-2)33-29(31)25(3)4/h20-21,23-25H,5-19,22H2,1-4H3. The Morgan fingerprint density at radius 1 is 0.818 bits per heavy atom. The smallest absolute Gasteiger partial charge is 0.313 e. The van der Waals surface area contributed by atoms with Gasteiger partial charge in [-0.05, 0) is 37.1 Å². The molecule has 4 heteroatoms. The van der Waals surface area contributed by atoms with Gasteiger partial charge < -0.3 is 9.47 Å². The molecule has 33 heavy (non-hydrogen) atoms. The van der Waals surface area contributed by atoms with Crippen molar-refractivity contribution < 1.29 is 14.3 Å². The molecule has 0 N–H and O–H groups in total. The van der Waals surface area contributed by atoms with Crippen LogP contribution in [0.25, 0.3) is 0 Å². The molecule has 0 saturated carbocycles. The molecule has 188 valence electrons. The molecule has 0 aliphatic rings. The van der Waals surface area contributed by atoms with Gasteiger partial charge in [0.1, 0.15) is 0 Å². The molecule has 0 atom stereocenters. The first-order chi connectivity index (χ1) is 16.1. The molecule has 0 bridgehead atoms. The summed E-state index contributed by atoms with van der Waals surface area (Å²) < 4.78 is 11.1. The number of hydrogen-bond donors (Lipinski definition) is 0. The van der Waals surface area contributed by atoms with Gasteiger partial charge in [-0.1, -0.05) is 104 Å².